The quantitative estimate of drug-likeness (QED) is 0.730. The number of nitrogens with zero attached hydrogens (tertiary/aromatic N) is 1. The minimum Gasteiger partial charge on any atom is -0.494 e. The largest absolute Gasteiger partial charge is 0.494 e. The molecule has 0 aromatic heterocycles. The molecule has 1 aromatic rings. The van der Waals surface area contributed by atoms with Crippen LogP contribution >= 0.6 is 27.5 Å². The molecule has 2 N–H and O–H groups in total. The number of ether oxygens (including phenoxy) is 1. The first-order chi connectivity index (χ1) is 9.38. The van der Waals surface area contributed by atoms with Crippen LogP contribution in [0.2, 0.25) is 5.02 Å². The Morgan fingerprint density at radius 2 is 1.85 bits per heavy atom. The van der Waals surface area contributed by atoms with Crippen molar-refractivity contribution >= 4 is 37.6 Å². The van der Waals surface area contributed by atoms with Gasteiger partial charge in [0.15, 0.2) is 5.75 Å². The van der Waals surface area contributed by atoms with Crippen molar-refractivity contribution in [3.8, 4) is 5.75 Å². The molecule has 0 spiro atoms. The summed E-state index contributed by atoms with van der Waals surface area (Å²) in [6.45, 7) is -0.973. The van der Waals surface area contributed by atoms with Gasteiger partial charge in [0, 0.05) is 18.1 Å². The van der Waals surface area contributed by atoms with Crippen LogP contribution in [0.25, 0.3) is 0 Å². The van der Waals surface area contributed by atoms with Crippen molar-refractivity contribution < 1.29 is 23.4 Å². The van der Waals surface area contributed by atoms with Crippen molar-refractivity contribution in [2.75, 3.05) is 33.4 Å². The second kappa shape index (κ2) is 7.58. The molecule has 1 aromatic carbocycles. The van der Waals surface area contributed by atoms with E-state index in [2.05, 4.69) is 15.9 Å². The Hall–Kier alpha value is -0.380. The molecule has 1 rings (SSSR count). The zero-order chi connectivity index (χ0) is 15.3. The first-order valence-electron chi connectivity index (χ1n) is 5.63. The predicted molar refractivity (Wildman–Crippen MR) is 78.6 cm³/mol. The summed E-state index contributed by atoms with van der Waals surface area (Å²) in [5.74, 6) is 0.121. The van der Waals surface area contributed by atoms with Crippen molar-refractivity contribution in [1.82, 2.24) is 4.31 Å². The van der Waals surface area contributed by atoms with E-state index in [9.17, 15) is 8.42 Å². The van der Waals surface area contributed by atoms with Crippen molar-refractivity contribution in [3.05, 3.63) is 21.6 Å². The molecule has 0 heterocycles. The summed E-state index contributed by atoms with van der Waals surface area (Å²) in [4.78, 5) is -0.124. The molecule has 0 aliphatic heterocycles. The second-order valence-electron chi connectivity index (χ2n) is 3.77. The number of methoxy groups -OCH3 is 1. The molecule has 0 fully saturated rings. The normalized spacial score (nSPS) is 11.9. The van der Waals surface area contributed by atoms with Crippen LogP contribution in [0.1, 0.15) is 0 Å². The second-order valence-corrected chi connectivity index (χ2v) is 6.97. The van der Waals surface area contributed by atoms with Crippen molar-refractivity contribution in [2.24, 2.45) is 0 Å². The lowest BCUT2D eigenvalue weighted by molar-refractivity contribution is 0.217. The number of benzene rings is 1. The van der Waals surface area contributed by atoms with E-state index < -0.39 is 10.0 Å². The Labute approximate surface area is 131 Å². The summed E-state index contributed by atoms with van der Waals surface area (Å²) in [6, 6.07) is 2.78. The Balaban J connectivity index is 3.39. The fourth-order valence-electron chi connectivity index (χ4n) is 1.64. The molecule has 0 aliphatic rings. The van der Waals surface area contributed by atoms with Crippen LogP contribution in [0.5, 0.6) is 5.75 Å². The third-order valence-corrected chi connectivity index (χ3v) is 5.21. The number of sulfonamides is 1. The smallest absolute Gasteiger partial charge is 0.247 e. The summed E-state index contributed by atoms with van der Waals surface area (Å²) in [5.41, 5.74) is 0. The predicted octanol–water partition coefficient (Wildman–Crippen LogP) is 1.09. The Kier molecular flexibility index (Phi) is 6.70. The van der Waals surface area contributed by atoms with Crippen LogP contribution < -0.4 is 4.74 Å². The summed E-state index contributed by atoms with van der Waals surface area (Å²) in [7, 11) is -2.60. The van der Waals surface area contributed by atoms with E-state index in [0.717, 1.165) is 4.31 Å². The van der Waals surface area contributed by atoms with Gasteiger partial charge in [-0.1, -0.05) is 11.6 Å². The summed E-state index contributed by atoms with van der Waals surface area (Å²) in [6.07, 6.45) is 0. The lowest BCUT2D eigenvalue weighted by Gasteiger charge is -2.22. The monoisotopic (exact) mass is 387 g/mol. The first kappa shape index (κ1) is 17.7. The minimum atomic E-state index is -3.94. The fourth-order valence-corrected chi connectivity index (χ4v) is 4.43. The van der Waals surface area contributed by atoms with Gasteiger partial charge >= 0.3 is 0 Å². The van der Waals surface area contributed by atoms with E-state index >= 15 is 0 Å². The summed E-state index contributed by atoms with van der Waals surface area (Å²) < 4.78 is 31.5. The van der Waals surface area contributed by atoms with Gasteiger partial charge < -0.3 is 14.9 Å². The molecular weight excluding hydrogens is 374 g/mol. The highest BCUT2D eigenvalue weighted by Crippen LogP contribution is 2.36. The zero-order valence-corrected chi connectivity index (χ0v) is 13.9. The highest BCUT2D eigenvalue weighted by Gasteiger charge is 2.28. The maximum absolute atomic E-state index is 12.5. The van der Waals surface area contributed by atoms with Crippen LogP contribution in [0.4, 0.5) is 0 Å². The van der Waals surface area contributed by atoms with E-state index in [-0.39, 0.29) is 42.0 Å². The van der Waals surface area contributed by atoms with Crippen LogP contribution in [0, 0.1) is 0 Å². The number of rotatable bonds is 7. The van der Waals surface area contributed by atoms with Gasteiger partial charge in [0.2, 0.25) is 10.0 Å². The molecule has 20 heavy (non-hydrogen) atoms. The average molecular weight is 389 g/mol. The molecular formula is C11H15BrClNO5S. The van der Waals surface area contributed by atoms with E-state index in [1.807, 2.05) is 0 Å². The topological polar surface area (TPSA) is 87.1 Å². The molecule has 6 nitrogen and oxygen atoms in total. The maximum Gasteiger partial charge on any atom is 0.247 e. The van der Waals surface area contributed by atoms with Gasteiger partial charge in [-0.05, 0) is 28.1 Å². The minimum absolute atomic E-state index is 0.121. The van der Waals surface area contributed by atoms with Crippen molar-refractivity contribution in [1.29, 1.82) is 0 Å². The summed E-state index contributed by atoms with van der Waals surface area (Å²) >= 11 is 9.06. The first-order valence-corrected chi connectivity index (χ1v) is 8.24. The molecule has 0 saturated heterocycles. The van der Waals surface area contributed by atoms with Gasteiger partial charge in [-0.25, -0.2) is 8.42 Å². The molecule has 0 aliphatic carbocycles. The van der Waals surface area contributed by atoms with Crippen LogP contribution in [-0.2, 0) is 10.0 Å². The molecule has 0 saturated carbocycles. The molecule has 0 radical (unpaired) electrons. The average Bonchev–Trinajstić information content (AvgIpc) is 2.37. The fraction of sp³-hybridized carbons (Fsp3) is 0.455. The number of halogens is 2. The Morgan fingerprint density at radius 1 is 1.30 bits per heavy atom. The van der Waals surface area contributed by atoms with E-state index in [0.29, 0.717) is 4.47 Å². The van der Waals surface area contributed by atoms with Gasteiger partial charge in [0.25, 0.3) is 0 Å². The van der Waals surface area contributed by atoms with Crippen molar-refractivity contribution in [2.45, 2.75) is 4.90 Å². The third kappa shape index (κ3) is 3.84. The van der Waals surface area contributed by atoms with Crippen LogP contribution in [0.3, 0.4) is 0 Å². The molecule has 0 bridgehead atoms. The molecule has 0 unspecified atom stereocenters. The number of hydrogen-bond acceptors (Lipinski definition) is 5. The van der Waals surface area contributed by atoms with Crippen molar-refractivity contribution in [3.63, 3.8) is 0 Å². The standard InChI is InChI=1S/C11H15BrClNO5S/c1-19-11-9(12)6-8(13)7-10(11)20(17,18)14(2-4-15)3-5-16/h6-7,15-16H,2-5H2,1H3. The highest BCUT2D eigenvalue weighted by molar-refractivity contribution is 9.10. The van der Waals surface area contributed by atoms with Gasteiger partial charge in [0.05, 0.1) is 24.8 Å². The van der Waals surface area contributed by atoms with Crippen LogP contribution in [-0.4, -0.2) is 56.3 Å². The number of hydrogen-bond donors (Lipinski definition) is 2. The molecule has 114 valence electrons. The number of aliphatic hydroxyl groups is 2. The van der Waals surface area contributed by atoms with Gasteiger partial charge in [-0.15, -0.1) is 0 Å². The lowest BCUT2D eigenvalue weighted by atomic mass is 10.3. The van der Waals surface area contributed by atoms with E-state index in [1.165, 1.54) is 19.2 Å². The van der Waals surface area contributed by atoms with E-state index in [4.69, 9.17) is 26.6 Å². The highest BCUT2D eigenvalue weighted by atomic mass is 79.9. The molecule has 0 atom stereocenters. The maximum atomic E-state index is 12.5. The number of aliphatic hydroxyl groups excluding tert-OH is 2. The SMILES string of the molecule is COc1c(Br)cc(Cl)cc1S(=O)(=O)N(CCO)CCO. The van der Waals surface area contributed by atoms with Gasteiger partial charge in [0.1, 0.15) is 4.90 Å². The zero-order valence-electron chi connectivity index (χ0n) is 10.7. The molecule has 9 heteroatoms. The van der Waals surface area contributed by atoms with Gasteiger partial charge in [-0.2, -0.15) is 4.31 Å². The molecule has 0 amide bonds. The Bertz CT molecular complexity index is 560. The van der Waals surface area contributed by atoms with Crippen LogP contribution in [0.15, 0.2) is 21.5 Å². The summed E-state index contributed by atoms with van der Waals surface area (Å²) in [5, 5.41) is 18.1. The van der Waals surface area contributed by atoms with Gasteiger partial charge in [-0.3, -0.25) is 0 Å². The third-order valence-electron chi connectivity index (χ3n) is 2.50. The Morgan fingerprint density at radius 3 is 2.30 bits per heavy atom. The van der Waals surface area contributed by atoms with E-state index in [1.54, 1.807) is 0 Å². The lowest BCUT2D eigenvalue weighted by Crippen LogP contribution is -2.36.